The highest BCUT2D eigenvalue weighted by atomic mass is 16.5. The monoisotopic (exact) mass is 630 g/mol. The molecule has 0 bridgehead atoms. The molecular formula is C38H46O8. The van der Waals surface area contributed by atoms with Crippen molar-refractivity contribution in [3.8, 4) is 11.5 Å². The van der Waals surface area contributed by atoms with Crippen molar-refractivity contribution in [2.45, 2.75) is 90.9 Å². The summed E-state index contributed by atoms with van der Waals surface area (Å²) >= 11 is 0. The summed E-state index contributed by atoms with van der Waals surface area (Å²) in [7, 11) is 0. The molecule has 0 amide bonds. The summed E-state index contributed by atoms with van der Waals surface area (Å²) in [4.78, 5) is 50.2. The molecule has 0 aromatic heterocycles. The van der Waals surface area contributed by atoms with Gasteiger partial charge >= 0.3 is 23.9 Å². The minimum absolute atomic E-state index is 0.153. The molecule has 46 heavy (non-hydrogen) atoms. The summed E-state index contributed by atoms with van der Waals surface area (Å²) in [5.41, 5.74) is 1.04. The fraction of sp³-hybridized carbons (Fsp3) is 0.421. The van der Waals surface area contributed by atoms with Gasteiger partial charge in [-0.05, 0) is 79.6 Å². The maximum Gasteiger partial charge on any atom is 0.343 e. The average molecular weight is 631 g/mol. The molecule has 0 saturated heterocycles. The van der Waals surface area contributed by atoms with Crippen LogP contribution in [-0.4, -0.2) is 37.1 Å². The van der Waals surface area contributed by atoms with Crippen LogP contribution in [0.5, 0.6) is 11.5 Å². The van der Waals surface area contributed by atoms with Crippen LogP contribution in [0, 0.1) is 0 Å². The molecule has 246 valence electrons. The Bertz CT molecular complexity index is 1280. The molecule has 0 fully saturated rings. The van der Waals surface area contributed by atoms with Gasteiger partial charge in [-0.1, -0.05) is 84.1 Å². The topological polar surface area (TPSA) is 105 Å². The highest BCUT2D eigenvalue weighted by Gasteiger charge is 2.16. The molecule has 0 atom stereocenters. The maximum atomic E-state index is 12.8. The molecule has 0 heterocycles. The number of carbonyl (C=O) groups is 4. The largest absolute Gasteiger partial charge is 0.462 e. The standard InChI is InChI=1S/C38H46O8/c1-3-5-7-9-11-13-26-43-35(39)29-18-22-33(23-19-29)45-37(41)31-16-15-17-32(28-31)38(42)46-34-24-20-30(21-25-34)36(40)44-27-14-12-10-8-6-4-2/h15-25,28H,3-14,26-27H2,1-2H3. The lowest BCUT2D eigenvalue weighted by atomic mass is 10.1. The molecular weight excluding hydrogens is 584 g/mol. The Kier molecular flexibility index (Phi) is 16.1. The molecule has 0 radical (unpaired) electrons. The van der Waals surface area contributed by atoms with Crippen molar-refractivity contribution in [1.29, 1.82) is 0 Å². The van der Waals surface area contributed by atoms with Gasteiger partial charge in [-0.15, -0.1) is 0 Å². The Balaban J connectivity index is 1.44. The van der Waals surface area contributed by atoms with Gasteiger partial charge in [0.25, 0.3) is 0 Å². The predicted molar refractivity (Wildman–Crippen MR) is 177 cm³/mol. The number of rotatable bonds is 20. The first-order valence-corrected chi connectivity index (χ1v) is 16.5. The van der Waals surface area contributed by atoms with E-state index in [1.165, 1.54) is 81.0 Å². The Hall–Kier alpha value is -4.46. The Morgan fingerprint density at radius 2 is 0.804 bits per heavy atom. The van der Waals surface area contributed by atoms with Crippen molar-refractivity contribution >= 4 is 23.9 Å². The summed E-state index contributed by atoms with van der Waals surface area (Å²) in [5.74, 6) is -1.69. The summed E-state index contributed by atoms with van der Waals surface area (Å²) in [6.45, 7) is 5.10. The van der Waals surface area contributed by atoms with Crippen LogP contribution >= 0.6 is 0 Å². The zero-order chi connectivity index (χ0) is 33.0. The van der Waals surface area contributed by atoms with E-state index < -0.39 is 23.9 Å². The fourth-order valence-corrected chi connectivity index (χ4v) is 4.68. The van der Waals surface area contributed by atoms with Gasteiger partial charge in [0, 0.05) is 0 Å². The maximum absolute atomic E-state index is 12.8. The van der Waals surface area contributed by atoms with E-state index in [9.17, 15) is 19.2 Å². The molecule has 0 aliphatic carbocycles. The minimum Gasteiger partial charge on any atom is -0.462 e. The lowest BCUT2D eigenvalue weighted by molar-refractivity contribution is 0.0488. The summed E-state index contributed by atoms with van der Waals surface area (Å²) in [5, 5.41) is 0. The van der Waals surface area contributed by atoms with Gasteiger partial charge in [-0.2, -0.15) is 0 Å². The van der Waals surface area contributed by atoms with Gasteiger partial charge < -0.3 is 18.9 Å². The number of unbranched alkanes of at least 4 members (excludes halogenated alkanes) is 10. The van der Waals surface area contributed by atoms with Gasteiger partial charge in [-0.3, -0.25) is 0 Å². The lowest BCUT2D eigenvalue weighted by Gasteiger charge is -2.09. The molecule has 3 aromatic rings. The molecule has 0 N–H and O–H groups in total. The normalized spacial score (nSPS) is 10.7. The van der Waals surface area contributed by atoms with Crippen molar-refractivity contribution in [2.24, 2.45) is 0 Å². The number of ether oxygens (including phenoxy) is 4. The van der Waals surface area contributed by atoms with E-state index in [0.717, 1.165) is 38.5 Å². The van der Waals surface area contributed by atoms with Crippen molar-refractivity contribution in [3.63, 3.8) is 0 Å². The number of hydrogen-bond acceptors (Lipinski definition) is 8. The van der Waals surface area contributed by atoms with Crippen molar-refractivity contribution in [1.82, 2.24) is 0 Å². The quantitative estimate of drug-likeness (QED) is 0.0691. The molecule has 0 aliphatic heterocycles. The van der Waals surface area contributed by atoms with E-state index >= 15 is 0 Å². The first kappa shape index (κ1) is 36.0. The lowest BCUT2D eigenvalue weighted by Crippen LogP contribution is -2.13. The van der Waals surface area contributed by atoms with Crippen LogP contribution in [0.15, 0.2) is 72.8 Å². The SMILES string of the molecule is CCCCCCCCOC(=O)c1ccc(OC(=O)c2cccc(C(=O)Oc3ccc(C(=O)OCCCCCCCC)cc3)c2)cc1. The number of hydrogen-bond donors (Lipinski definition) is 0. The van der Waals surface area contributed by atoms with E-state index in [-0.39, 0.29) is 22.6 Å². The third-order valence-corrected chi connectivity index (χ3v) is 7.40. The second kappa shape index (κ2) is 20.5. The van der Waals surface area contributed by atoms with Crippen LogP contribution in [-0.2, 0) is 9.47 Å². The molecule has 3 aromatic carbocycles. The van der Waals surface area contributed by atoms with E-state index in [2.05, 4.69) is 13.8 Å². The van der Waals surface area contributed by atoms with Crippen LogP contribution in [0.1, 0.15) is 132 Å². The van der Waals surface area contributed by atoms with Crippen LogP contribution in [0.2, 0.25) is 0 Å². The van der Waals surface area contributed by atoms with E-state index in [1.807, 2.05) is 0 Å². The smallest absolute Gasteiger partial charge is 0.343 e. The molecule has 8 nitrogen and oxygen atoms in total. The number of benzene rings is 3. The van der Waals surface area contributed by atoms with Crippen molar-refractivity contribution < 1.29 is 38.1 Å². The molecule has 0 unspecified atom stereocenters. The number of esters is 4. The van der Waals surface area contributed by atoms with Crippen molar-refractivity contribution in [2.75, 3.05) is 13.2 Å². The number of carbonyl (C=O) groups excluding carboxylic acids is 4. The molecule has 3 rings (SSSR count). The summed E-state index contributed by atoms with van der Waals surface area (Å²) in [6.07, 6.45) is 13.3. The fourth-order valence-electron chi connectivity index (χ4n) is 4.68. The minimum atomic E-state index is -0.670. The van der Waals surface area contributed by atoms with Crippen LogP contribution in [0.25, 0.3) is 0 Å². The highest BCUT2D eigenvalue weighted by molar-refractivity contribution is 5.97. The molecule has 0 saturated carbocycles. The summed E-state index contributed by atoms with van der Waals surface area (Å²) in [6, 6.07) is 18.2. The van der Waals surface area contributed by atoms with Crippen LogP contribution in [0.4, 0.5) is 0 Å². The van der Waals surface area contributed by atoms with Crippen molar-refractivity contribution in [3.05, 3.63) is 95.1 Å². The van der Waals surface area contributed by atoms with Gasteiger partial charge in [0.2, 0.25) is 0 Å². The summed E-state index contributed by atoms with van der Waals surface area (Å²) < 4.78 is 21.6. The Labute approximate surface area is 272 Å². The van der Waals surface area contributed by atoms with Gasteiger partial charge in [0.05, 0.1) is 35.5 Å². The Morgan fingerprint density at radius 3 is 1.20 bits per heavy atom. The van der Waals surface area contributed by atoms with E-state index in [4.69, 9.17) is 18.9 Å². The van der Waals surface area contributed by atoms with Crippen LogP contribution < -0.4 is 9.47 Å². The molecule has 0 aliphatic rings. The molecule has 0 spiro atoms. The first-order chi connectivity index (χ1) is 22.4. The third kappa shape index (κ3) is 12.9. The van der Waals surface area contributed by atoms with E-state index in [0.29, 0.717) is 24.3 Å². The van der Waals surface area contributed by atoms with Crippen LogP contribution in [0.3, 0.4) is 0 Å². The van der Waals surface area contributed by atoms with Gasteiger partial charge in [0.15, 0.2) is 0 Å². The van der Waals surface area contributed by atoms with Gasteiger partial charge in [0.1, 0.15) is 11.5 Å². The zero-order valence-corrected chi connectivity index (χ0v) is 27.1. The average Bonchev–Trinajstić information content (AvgIpc) is 3.08. The first-order valence-electron chi connectivity index (χ1n) is 16.5. The second-order valence-corrected chi connectivity index (χ2v) is 11.2. The molecule has 8 heteroatoms. The highest BCUT2D eigenvalue weighted by Crippen LogP contribution is 2.19. The van der Waals surface area contributed by atoms with E-state index in [1.54, 1.807) is 30.3 Å². The Morgan fingerprint density at radius 1 is 0.435 bits per heavy atom. The third-order valence-electron chi connectivity index (χ3n) is 7.40. The second-order valence-electron chi connectivity index (χ2n) is 11.2. The zero-order valence-electron chi connectivity index (χ0n) is 27.1. The predicted octanol–water partition coefficient (Wildman–Crippen LogP) is 9.16. The van der Waals surface area contributed by atoms with Gasteiger partial charge in [-0.25, -0.2) is 19.2 Å².